The minimum Gasteiger partial charge on any atom is -0.378 e. The van der Waals surface area contributed by atoms with Gasteiger partial charge in [0.2, 0.25) is 5.91 Å². The van der Waals surface area contributed by atoms with Crippen molar-refractivity contribution in [2.75, 3.05) is 19.0 Å². The summed E-state index contributed by atoms with van der Waals surface area (Å²) in [5, 5.41) is 2.96. The molecule has 2 aromatic rings. The lowest BCUT2D eigenvalue weighted by Crippen LogP contribution is -2.27. The van der Waals surface area contributed by atoms with E-state index in [0.29, 0.717) is 5.56 Å². The van der Waals surface area contributed by atoms with Gasteiger partial charge in [-0.25, -0.2) is 0 Å². The van der Waals surface area contributed by atoms with Crippen LogP contribution in [0.4, 0.5) is 5.69 Å². The summed E-state index contributed by atoms with van der Waals surface area (Å²) in [6, 6.07) is 15.1. The smallest absolute Gasteiger partial charge is 0.217 e. The molecule has 0 bridgehead atoms. The molecule has 1 N–H and O–H groups in total. The Morgan fingerprint density at radius 2 is 1.50 bits per heavy atom. The van der Waals surface area contributed by atoms with Gasteiger partial charge in [-0.1, -0.05) is 36.4 Å². The molecule has 0 spiro atoms. The van der Waals surface area contributed by atoms with Crippen molar-refractivity contribution in [1.29, 1.82) is 0 Å². The van der Waals surface area contributed by atoms with Gasteiger partial charge in [0, 0.05) is 32.3 Å². The van der Waals surface area contributed by atoms with Crippen molar-refractivity contribution >= 4 is 17.9 Å². The van der Waals surface area contributed by atoms with Crippen molar-refractivity contribution in [2.24, 2.45) is 0 Å². The molecule has 114 valence electrons. The van der Waals surface area contributed by atoms with E-state index in [0.717, 1.165) is 23.1 Å². The van der Waals surface area contributed by atoms with Crippen LogP contribution in [-0.4, -0.2) is 26.3 Å². The van der Waals surface area contributed by atoms with Crippen molar-refractivity contribution in [3.05, 3.63) is 65.2 Å². The summed E-state index contributed by atoms with van der Waals surface area (Å²) in [5.74, 6) is -0.0962. The highest BCUT2D eigenvalue weighted by atomic mass is 16.1. The third kappa shape index (κ3) is 3.73. The van der Waals surface area contributed by atoms with Crippen LogP contribution in [0.2, 0.25) is 0 Å². The number of amides is 1. The average Bonchev–Trinajstić information content (AvgIpc) is 2.53. The zero-order valence-corrected chi connectivity index (χ0v) is 13.0. The fourth-order valence-corrected chi connectivity index (χ4v) is 2.29. The normalized spacial score (nSPS) is 11.6. The minimum atomic E-state index is -0.227. The molecule has 0 saturated carbocycles. The third-order valence-electron chi connectivity index (χ3n) is 3.50. The van der Waals surface area contributed by atoms with Crippen molar-refractivity contribution in [3.8, 4) is 0 Å². The predicted molar refractivity (Wildman–Crippen MR) is 88.3 cm³/mol. The van der Waals surface area contributed by atoms with Crippen LogP contribution in [0, 0.1) is 0 Å². The number of hydrogen-bond acceptors (Lipinski definition) is 3. The van der Waals surface area contributed by atoms with Crippen LogP contribution >= 0.6 is 0 Å². The third-order valence-corrected chi connectivity index (χ3v) is 3.50. The van der Waals surface area contributed by atoms with Crippen LogP contribution in [0.3, 0.4) is 0 Å². The Labute approximate surface area is 130 Å². The standard InChI is InChI=1S/C18H20N2O2/c1-13(22)19-18(15-6-4-14(12-21)5-7-15)16-8-10-17(11-9-16)20(2)3/h4-12,18H,1-3H3,(H,19,22). The van der Waals surface area contributed by atoms with Crippen LogP contribution in [0.1, 0.15) is 34.5 Å². The van der Waals surface area contributed by atoms with Crippen molar-refractivity contribution < 1.29 is 9.59 Å². The molecule has 0 radical (unpaired) electrons. The molecule has 2 aromatic carbocycles. The maximum absolute atomic E-state index is 11.5. The lowest BCUT2D eigenvalue weighted by molar-refractivity contribution is -0.119. The van der Waals surface area contributed by atoms with Crippen LogP contribution in [0.25, 0.3) is 0 Å². The number of anilines is 1. The van der Waals surface area contributed by atoms with Gasteiger partial charge in [0.25, 0.3) is 0 Å². The first kappa shape index (κ1) is 15.8. The summed E-state index contributed by atoms with van der Waals surface area (Å²) in [7, 11) is 3.97. The molecule has 0 fully saturated rings. The van der Waals surface area contributed by atoms with Gasteiger partial charge in [0.15, 0.2) is 0 Å². The van der Waals surface area contributed by atoms with E-state index in [1.807, 2.05) is 55.4 Å². The first-order chi connectivity index (χ1) is 10.5. The number of aldehydes is 1. The van der Waals surface area contributed by atoms with Gasteiger partial charge in [0.1, 0.15) is 6.29 Å². The topological polar surface area (TPSA) is 49.4 Å². The van der Waals surface area contributed by atoms with Gasteiger partial charge >= 0.3 is 0 Å². The van der Waals surface area contributed by atoms with E-state index < -0.39 is 0 Å². The van der Waals surface area contributed by atoms with Crippen LogP contribution in [0.5, 0.6) is 0 Å². The fraction of sp³-hybridized carbons (Fsp3) is 0.222. The Balaban J connectivity index is 2.35. The van der Waals surface area contributed by atoms with Crippen molar-refractivity contribution in [2.45, 2.75) is 13.0 Å². The molecule has 0 aliphatic carbocycles. The molecule has 0 heterocycles. The Morgan fingerprint density at radius 3 is 1.91 bits per heavy atom. The van der Waals surface area contributed by atoms with Gasteiger partial charge in [-0.15, -0.1) is 0 Å². The molecule has 4 heteroatoms. The Bertz CT molecular complexity index is 646. The summed E-state index contributed by atoms with van der Waals surface area (Å²) in [4.78, 5) is 24.3. The monoisotopic (exact) mass is 296 g/mol. The molecule has 0 aliphatic rings. The second-order valence-corrected chi connectivity index (χ2v) is 5.40. The van der Waals surface area contributed by atoms with E-state index in [1.165, 1.54) is 6.92 Å². The molecule has 0 aromatic heterocycles. The number of carbonyl (C=O) groups excluding carboxylic acids is 2. The van der Waals surface area contributed by atoms with Gasteiger partial charge in [0.05, 0.1) is 6.04 Å². The van der Waals surface area contributed by atoms with Crippen LogP contribution in [-0.2, 0) is 4.79 Å². The van der Waals surface area contributed by atoms with Crippen LogP contribution in [0.15, 0.2) is 48.5 Å². The minimum absolute atomic E-state index is 0.0962. The first-order valence-corrected chi connectivity index (χ1v) is 7.11. The molecule has 4 nitrogen and oxygen atoms in total. The molecular formula is C18H20N2O2. The summed E-state index contributed by atoms with van der Waals surface area (Å²) in [5.41, 5.74) is 3.66. The second kappa shape index (κ2) is 6.89. The zero-order chi connectivity index (χ0) is 16.1. The molecule has 0 aliphatic heterocycles. The largest absolute Gasteiger partial charge is 0.378 e. The summed E-state index contributed by atoms with van der Waals surface area (Å²) in [6.07, 6.45) is 0.809. The van der Waals surface area contributed by atoms with E-state index in [4.69, 9.17) is 0 Å². The van der Waals surface area contributed by atoms with E-state index >= 15 is 0 Å². The second-order valence-electron chi connectivity index (χ2n) is 5.40. The molecule has 1 unspecified atom stereocenters. The Hall–Kier alpha value is -2.62. The van der Waals surface area contributed by atoms with E-state index in [9.17, 15) is 9.59 Å². The molecule has 1 atom stereocenters. The summed E-state index contributed by atoms with van der Waals surface area (Å²) >= 11 is 0. The number of nitrogens with zero attached hydrogens (tertiary/aromatic N) is 1. The van der Waals surface area contributed by atoms with Gasteiger partial charge < -0.3 is 10.2 Å². The van der Waals surface area contributed by atoms with Crippen molar-refractivity contribution in [1.82, 2.24) is 5.32 Å². The molecule has 22 heavy (non-hydrogen) atoms. The summed E-state index contributed by atoms with van der Waals surface area (Å²) < 4.78 is 0. The van der Waals surface area contributed by atoms with Gasteiger partial charge in [-0.05, 0) is 23.3 Å². The predicted octanol–water partition coefficient (Wildman–Crippen LogP) is 2.79. The number of hydrogen-bond donors (Lipinski definition) is 1. The molecular weight excluding hydrogens is 276 g/mol. The van der Waals surface area contributed by atoms with E-state index in [-0.39, 0.29) is 11.9 Å². The SMILES string of the molecule is CC(=O)NC(c1ccc(C=O)cc1)c1ccc(N(C)C)cc1. The lowest BCUT2D eigenvalue weighted by Gasteiger charge is -2.20. The van der Waals surface area contributed by atoms with Crippen LogP contribution < -0.4 is 10.2 Å². The summed E-state index contributed by atoms with van der Waals surface area (Å²) in [6.45, 7) is 1.50. The number of nitrogens with one attached hydrogen (secondary N) is 1. The maximum atomic E-state index is 11.5. The highest BCUT2D eigenvalue weighted by Crippen LogP contribution is 2.24. The molecule has 0 saturated heterocycles. The molecule has 2 rings (SSSR count). The van der Waals surface area contributed by atoms with E-state index in [1.54, 1.807) is 12.1 Å². The highest BCUT2D eigenvalue weighted by molar-refractivity contribution is 5.75. The average molecular weight is 296 g/mol. The Morgan fingerprint density at radius 1 is 1.00 bits per heavy atom. The fourth-order valence-electron chi connectivity index (χ4n) is 2.29. The van der Waals surface area contributed by atoms with Gasteiger partial charge in [-0.3, -0.25) is 9.59 Å². The zero-order valence-electron chi connectivity index (χ0n) is 13.0. The molecule has 1 amide bonds. The lowest BCUT2D eigenvalue weighted by atomic mass is 9.97. The number of benzene rings is 2. The maximum Gasteiger partial charge on any atom is 0.217 e. The number of rotatable bonds is 5. The first-order valence-electron chi connectivity index (χ1n) is 7.11. The van der Waals surface area contributed by atoms with E-state index in [2.05, 4.69) is 5.32 Å². The number of carbonyl (C=O) groups is 2. The highest BCUT2D eigenvalue weighted by Gasteiger charge is 2.15. The van der Waals surface area contributed by atoms with Crippen molar-refractivity contribution in [3.63, 3.8) is 0 Å². The Kier molecular flexibility index (Phi) is 4.94. The quantitative estimate of drug-likeness (QED) is 0.863. The van der Waals surface area contributed by atoms with Gasteiger partial charge in [-0.2, -0.15) is 0 Å².